The first-order chi connectivity index (χ1) is 14.1. The number of hydrogen-bond donors (Lipinski definition) is 3. The van der Waals surface area contributed by atoms with E-state index in [0.717, 1.165) is 50.0 Å². The topological polar surface area (TPSA) is 128 Å². The maximum Gasteiger partial charge on any atom is 0.329 e. The van der Waals surface area contributed by atoms with Gasteiger partial charge in [0.1, 0.15) is 11.9 Å². The first kappa shape index (κ1) is 19.4. The van der Waals surface area contributed by atoms with Crippen molar-refractivity contribution in [2.24, 2.45) is 11.7 Å². The second kappa shape index (κ2) is 8.60. The van der Waals surface area contributed by atoms with Crippen molar-refractivity contribution in [3.05, 3.63) is 45.6 Å². The van der Waals surface area contributed by atoms with Crippen molar-refractivity contribution < 1.29 is 9.66 Å². The van der Waals surface area contributed by atoms with Crippen molar-refractivity contribution in [3.63, 3.8) is 0 Å². The monoisotopic (exact) mass is 398 g/mol. The lowest BCUT2D eigenvalue weighted by Gasteiger charge is -2.26. The van der Waals surface area contributed by atoms with Crippen LogP contribution in [0.2, 0.25) is 0 Å². The van der Waals surface area contributed by atoms with Crippen LogP contribution in [0.4, 0.5) is 17.5 Å². The zero-order chi connectivity index (χ0) is 20.2. The first-order valence-electron chi connectivity index (χ1n) is 10.1. The van der Waals surface area contributed by atoms with Crippen LogP contribution in [0.3, 0.4) is 0 Å². The molecule has 1 aliphatic heterocycles. The Labute approximate surface area is 169 Å². The van der Waals surface area contributed by atoms with Gasteiger partial charge in [-0.2, -0.15) is 4.98 Å². The molecule has 9 nitrogen and oxygen atoms in total. The Bertz CT molecular complexity index is 883. The molecule has 1 aromatic carbocycles. The van der Waals surface area contributed by atoms with E-state index in [2.05, 4.69) is 26.7 Å². The van der Waals surface area contributed by atoms with Gasteiger partial charge in [-0.05, 0) is 48.8 Å². The minimum Gasteiger partial charge on any atom is -0.493 e. The molecule has 154 valence electrons. The van der Waals surface area contributed by atoms with Gasteiger partial charge in [-0.3, -0.25) is 10.1 Å². The molecule has 4 rings (SSSR count). The Morgan fingerprint density at radius 3 is 2.86 bits per heavy atom. The fourth-order valence-electron chi connectivity index (χ4n) is 3.89. The van der Waals surface area contributed by atoms with Gasteiger partial charge in [-0.1, -0.05) is 12.1 Å². The molecule has 2 heterocycles. The molecule has 0 unspecified atom stereocenters. The van der Waals surface area contributed by atoms with E-state index >= 15 is 0 Å². The van der Waals surface area contributed by atoms with E-state index in [1.165, 1.54) is 11.8 Å². The number of nitrogens with one attached hydrogen (secondary N) is 2. The van der Waals surface area contributed by atoms with Crippen LogP contribution in [0.1, 0.15) is 36.8 Å². The number of anilines is 2. The number of fused-ring (bicyclic) bond motifs is 1. The largest absolute Gasteiger partial charge is 0.493 e. The predicted octanol–water partition coefficient (Wildman–Crippen LogP) is 2.86. The van der Waals surface area contributed by atoms with E-state index < -0.39 is 4.92 Å². The molecule has 0 bridgehead atoms. The van der Waals surface area contributed by atoms with Crippen LogP contribution < -0.4 is 21.1 Å². The molecule has 1 aromatic heterocycles. The van der Waals surface area contributed by atoms with Gasteiger partial charge in [-0.25, -0.2) is 4.98 Å². The average molecular weight is 398 g/mol. The van der Waals surface area contributed by atoms with E-state index in [9.17, 15) is 10.1 Å². The van der Waals surface area contributed by atoms with Gasteiger partial charge in [0, 0.05) is 25.6 Å². The van der Waals surface area contributed by atoms with E-state index in [1.807, 2.05) is 12.1 Å². The number of hydrogen-bond acceptors (Lipinski definition) is 8. The minimum absolute atomic E-state index is 0.113. The fourth-order valence-corrected chi connectivity index (χ4v) is 3.89. The molecule has 1 aliphatic carbocycles. The molecule has 4 N–H and O–H groups in total. The Balaban J connectivity index is 1.41. The molecule has 0 spiro atoms. The van der Waals surface area contributed by atoms with Crippen LogP contribution in [0.25, 0.3) is 0 Å². The van der Waals surface area contributed by atoms with E-state index in [4.69, 9.17) is 10.5 Å². The van der Waals surface area contributed by atoms with Crippen molar-refractivity contribution in [1.29, 1.82) is 0 Å². The third kappa shape index (κ3) is 4.73. The summed E-state index contributed by atoms with van der Waals surface area (Å²) in [5.41, 5.74) is 8.13. The number of nitrogens with zero attached hydrogens (tertiary/aromatic N) is 3. The molecule has 0 saturated heterocycles. The normalized spacial score (nSPS) is 20.6. The number of nitro groups is 1. The molecular weight excluding hydrogens is 372 g/mol. The number of rotatable bonds is 7. The highest BCUT2D eigenvalue weighted by molar-refractivity contribution is 5.57. The fraction of sp³-hybridized carbons (Fsp3) is 0.500. The molecule has 2 aromatic rings. The average Bonchev–Trinajstić information content (AvgIpc) is 3.19. The predicted molar refractivity (Wildman–Crippen MR) is 110 cm³/mol. The van der Waals surface area contributed by atoms with Gasteiger partial charge in [-0.15, -0.1) is 0 Å². The summed E-state index contributed by atoms with van der Waals surface area (Å²) in [6.45, 7) is 1.90. The Morgan fingerprint density at radius 1 is 1.24 bits per heavy atom. The summed E-state index contributed by atoms with van der Waals surface area (Å²) in [6.07, 6.45) is 6.22. The summed E-state index contributed by atoms with van der Waals surface area (Å²) in [6, 6.07) is 6.35. The molecule has 1 saturated carbocycles. The van der Waals surface area contributed by atoms with Gasteiger partial charge < -0.3 is 21.1 Å². The van der Waals surface area contributed by atoms with Crippen molar-refractivity contribution in [2.75, 3.05) is 23.8 Å². The highest BCUT2D eigenvalue weighted by Gasteiger charge is 2.22. The van der Waals surface area contributed by atoms with Crippen molar-refractivity contribution in [1.82, 2.24) is 9.97 Å². The third-order valence-corrected chi connectivity index (χ3v) is 5.62. The lowest BCUT2D eigenvalue weighted by molar-refractivity contribution is -0.384. The Kier molecular flexibility index (Phi) is 5.75. The van der Waals surface area contributed by atoms with Crippen LogP contribution in [0, 0.1) is 16.0 Å². The van der Waals surface area contributed by atoms with Gasteiger partial charge in [0.05, 0.1) is 11.5 Å². The summed E-state index contributed by atoms with van der Waals surface area (Å²) < 4.78 is 5.53. The summed E-state index contributed by atoms with van der Waals surface area (Å²) in [5.74, 6) is 2.01. The minimum atomic E-state index is -0.455. The smallest absolute Gasteiger partial charge is 0.329 e. The number of aromatic nitrogens is 2. The molecule has 0 atom stereocenters. The maximum absolute atomic E-state index is 11.4. The molecule has 0 radical (unpaired) electrons. The molecule has 9 heteroatoms. The molecule has 2 aliphatic rings. The molecular formula is C20H26N6O3. The SMILES string of the molecule is NC1CCC(CNc2nc(NCc3ccc4c(c3)CCO4)ncc2[N+](=O)[O-])CC1. The van der Waals surface area contributed by atoms with Crippen molar-refractivity contribution in [2.45, 2.75) is 44.7 Å². The quantitative estimate of drug-likeness (QED) is 0.480. The summed E-state index contributed by atoms with van der Waals surface area (Å²) in [5, 5.41) is 17.7. The summed E-state index contributed by atoms with van der Waals surface area (Å²) in [7, 11) is 0. The third-order valence-electron chi connectivity index (χ3n) is 5.62. The van der Waals surface area contributed by atoms with Crippen LogP contribution in [0.5, 0.6) is 5.75 Å². The molecule has 0 amide bonds. The lowest BCUT2D eigenvalue weighted by Crippen LogP contribution is -2.29. The number of ether oxygens (including phenoxy) is 1. The van der Waals surface area contributed by atoms with Crippen molar-refractivity contribution in [3.8, 4) is 5.75 Å². The van der Waals surface area contributed by atoms with Crippen LogP contribution in [0.15, 0.2) is 24.4 Å². The first-order valence-corrected chi connectivity index (χ1v) is 10.1. The lowest BCUT2D eigenvalue weighted by atomic mass is 9.86. The maximum atomic E-state index is 11.4. The zero-order valence-electron chi connectivity index (χ0n) is 16.3. The number of benzene rings is 1. The van der Waals surface area contributed by atoms with Crippen LogP contribution >= 0.6 is 0 Å². The standard InChI is InChI=1S/C20H26N6O3/c21-16-4-1-13(2-5-16)10-22-19-17(26(27)28)12-24-20(25-19)23-11-14-3-6-18-15(9-14)7-8-29-18/h3,6,9,12-13,16H,1-2,4-5,7-8,10-11,21H2,(H2,22,23,24,25). The van der Waals surface area contributed by atoms with Gasteiger partial charge >= 0.3 is 5.69 Å². The summed E-state index contributed by atoms with van der Waals surface area (Å²) >= 11 is 0. The van der Waals surface area contributed by atoms with Crippen LogP contribution in [-0.2, 0) is 13.0 Å². The van der Waals surface area contributed by atoms with Gasteiger partial charge in [0.25, 0.3) is 0 Å². The highest BCUT2D eigenvalue weighted by atomic mass is 16.6. The summed E-state index contributed by atoms with van der Waals surface area (Å²) in [4.78, 5) is 19.4. The number of nitrogens with two attached hydrogens (primary N) is 1. The van der Waals surface area contributed by atoms with E-state index in [-0.39, 0.29) is 17.5 Å². The van der Waals surface area contributed by atoms with Gasteiger partial charge in [0.15, 0.2) is 0 Å². The Morgan fingerprint density at radius 2 is 2.07 bits per heavy atom. The van der Waals surface area contributed by atoms with Crippen LogP contribution in [-0.4, -0.2) is 34.1 Å². The van der Waals surface area contributed by atoms with Gasteiger partial charge in [0.2, 0.25) is 11.8 Å². The highest BCUT2D eigenvalue weighted by Crippen LogP contribution is 2.28. The van der Waals surface area contributed by atoms with Crippen molar-refractivity contribution >= 4 is 17.5 Å². The van der Waals surface area contributed by atoms with E-state index in [0.29, 0.717) is 25.0 Å². The van der Waals surface area contributed by atoms with E-state index in [1.54, 1.807) is 0 Å². The second-order valence-electron chi connectivity index (χ2n) is 7.74. The zero-order valence-corrected chi connectivity index (χ0v) is 16.3. The molecule has 1 fully saturated rings. The Hall–Kier alpha value is -2.94. The second-order valence-corrected chi connectivity index (χ2v) is 7.74. The molecule has 29 heavy (non-hydrogen) atoms.